The van der Waals surface area contributed by atoms with E-state index < -0.39 is 11.8 Å². The minimum Gasteiger partial charge on any atom is -0.488 e. The lowest BCUT2D eigenvalue weighted by Gasteiger charge is -2.18. The van der Waals surface area contributed by atoms with Crippen LogP contribution < -0.4 is 15.4 Å². The summed E-state index contributed by atoms with van der Waals surface area (Å²) in [5.74, 6) is -0.507. The highest BCUT2D eigenvalue weighted by molar-refractivity contribution is 9.10. The number of nitrogens with one attached hydrogen (secondary N) is 2. The van der Waals surface area contributed by atoms with Gasteiger partial charge in [0.25, 0.3) is 11.8 Å². The normalized spacial score (nSPS) is 13.8. The third-order valence-corrected chi connectivity index (χ3v) is 5.48. The Hall–Kier alpha value is -3.03. The standard InChI is InChI=1S/C22H15BrN2O3S/c23-18-8-4-2-6-14(18)12-28-19-10-9-13-5-1-3-7-15(13)16(19)11-17-20(26)24-22(29)25-21(17)27/h1-11H,12H2,(H2,24,25,26,27,29). The molecule has 5 nitrogen and oxygen atoms in total. The van der Waals surface area contributed by atoms with E-state index in [2.05, 4.69) is 26.6 Å². The first-order valence-electron chi connectivity index (χ1n) is 8.79. The van der Waals surface area contributed by atoms with Crippen molar-refractivity contribution in [3.05, 3.63) is 81.8 Å². The van der Waals surface area contributed by atoms with Crippen molar-refractivity contribution in [1.29, 1.82) is 0 Å². The van der Waals surface area contributed by atoms with Gasteiger partial charge in [-0.1, -0.05) is 64.5 Å². The second kappa shape index (κ2) is 8.14. The van der Waals surface area contributed by atoms with Gasteiger partial charge in [0.05, 0.1) is 0 Å². The van der Waals surface area contributed by atoms with E-state index in [4.69, 9.17) is 17.0 Å². The Kier molecular flexibility index (Phi) is 5.42. The third-order valence-electron chi connectivity index (χ3n) is 4.50. The summed E-state index contributed by atoms with van der Waals surface area (Å²) in [4.78, 5) is 24.6. The van der Waals surface area contributed by atoms with Gasteiger partial charge in [0, 0.05) is 15.6 Å². The number of carbonyl (C=O) groups is 2. The van der Waals surface area contributed by atoms with Gasteiger partial charge in [0.1, 0.15) is 17.9 Å². The van der Waals surface area contributed by atoms with E-state index >= 15 is 0 Å². The lowest BCUT2D eigenvalue weighted by atomic mass is 10.00. The summed E-state index contributed by atoms with van der Waals surface area (Å²) in [6.45, 7) is 0.332. The summed E-state index contributed by atoms with van der Waals surface area (Å²) in [5, 5.41) is 6.76. The SMILES string of the molecule is O=C1NC(=S)NC(=O)C1=Cc1c(OCc2ccccc2Br)ccc2ccccc12. The number of amides is 2. The van der Waals surface area contributed by atoms with Crippen molar-refractivity contribution < 1.29 is 14.3 Å². The van der Waals surface area contributed by atoms with Gasteiger partial charge in [-0.25, -0.2) is 0 Å². The molecule has 1 aliphatic heterocycles. The van der Waals surface area contributed by atoms with Gasteiger partial charge < -0.3 is 4.74 Å². The molecule has 7 heteroatoms. The Balaban J connectivity index is 1.78. The predicted molar refractivity (Wildman–Crippen MR) is 119 cm³/mol. The van der Waals surface area contributed by atoms with Gasteiger partial charge in [-0.05, 0) is 41.2 Å². The van der Waals surface area contributed by atoms with Gasteiger partial charge in [0.15, 0.2) is 5.11 Å². The Morgan fingerprint density at radius 2 is 1.62 bits per heavy atom. The van der Waals surface area contributed by atoms with Crippen LogP contribution in [0.15, 0.2) is 70.7 Å². The number of hydrogen-bond donors (Lipinski definition) is 2. The fourth-order valence-electron chi connectivity index (χ4n) is 3.07. The van der Waals surface area contributed by atoms with Crippen molar-refractivity contribution in [2.24, 2.45) is 0 Å². The fraction of sp³-hybridized carbons (Fsp3) is 0.0455. The van der Waals surface area contributed by atoms with E-state index in [9.17, 15) is 9.59 Å². The van der Waals surface area contributed by atoms with Crippen molar-refractivity contribution in [3.8, 4) is 5.75 Å². The van der Waals surface area contributed by atoms with Gasteiger partial charge in [-0.2, -0.15) is 0 Å². The van der Waals surface area contributed by atoms with E-state index in [1.165, 1.54) is 0 Å². The van der Waals surface area contributed by atoms with Crippen LogP contribution in [0.5, 0.6) is 5.75 Å². The average molecular weight is 467 g/mol. The molecule has 0 saturated carbocycles. The zero-order valence-corrected chi connectivity index (χ0v) is 17.5. The summed E-state index contributed by atoms with van der Waals surface area (Å²) in [6.07, 6.45) is 1.55. The van der Waals surface area contributed by atoms with E-state index in [0.29, 0.717) is 17.9 Å². The molecule has 4 rings (SSSR count). The van der Waals surface area contributed by atoms with Crippen LogP contribution >= 0.6 is 28.1 Å². The maximum Gasteiger partial charge on any atom is 0.263 e. The molecule has 144 valence electrons. The summed E-state index contributed by atoms with van der Waals surface area (Å²) >= 11 is 8.39. The molecule has 1 fully saturated rings. The molecule has 1 saturated heterocycles. The molecule has 3 aromatic carbocycles. The highest BCUT2D eigenvalue weighted by Gasteiger charge is 2.26. The Morgan fingerprint density at radius 3 is 2.38 bits per heavy atom. The van der Waals surface area contributed by atoms with Gasteiger partial charge >= 0.3 is 0 Å². The molecular formula is C22H15BrN2O3S. The number of benzene rings is 3. The zero-order chi connectivity index (χ0) is 20.4. The van der Waals surface area contributed by atoms with Gasteiger partial charge in [-0.15, -0.1) is 0 Å². The second-order valence-electron chi connectivity index (χ2n) is 6.37. The van der Waals surface area contributed by atoms with Crippen molar-refractivity contribution >= 4 is 61.9 Å². The Bertz CT molecular complexity index is 1170. The van der Waals surface area contributed by atoms with Crippen LogP contribution in [0.2, 0.25) is 0 Å². The van der Waals surface area contributed by atoms with Crippen LogP contribution in [0.4, 0.5) is 0 Å². The highest BCUT2D eigenvalue weighted by Crippen LogP contribution is 2.31. The quantitative estimate of drug-likeness (QED) is 0.345. The molecule has 3 aromatic rings. The molecular weight excluding hydrogens is 452 g/mol. The first kappa shape index (κ1) is 19.3. The topological polar surface area (TPSA) is 67.4 Å². The van der Waals surface area contributed by atoms with Crippen molar-refractivity contribution in [2.75, 3.05) is 0 Å². The largest absolute Gasteiger partial charge is 0.488 e. The van der Waals surface area contributed by atoms with Gasteiger partial charge in [0.2, 0.25) is 0 Å². The maximum absolute atomic E-state index is 12.3. The molecule has 2 N–H and O–H groups in total. The third kappa shape index (κ3) is 4.06. The molecule has 1 aliphatic rings. The summed E-state index contributed by atoms with van der Waals surface area (Å²) in [6, 6.07) is 19.3. The molecule has 29 heavy (non-hydrogen) atoms. The smallest absolute Gasteiger partial charge is 0.263 e. The van der Waals surface area contributed by atoms with Crippen LogP contribution in [0.3, 0.4) is 0 Å². The number of ether oxygens (including phenoxy) is 1. The Morgan fingerprint density at radius 1 is 0.931 bits per heavy atom. The minimum atomic E-state index is -0.538. The average Bonchev–Trinajstić information content (AvgIpc) is 2.70. The first-order valence-corrected chi connectivity index (χ1v) is 9.99. The minimum absolute atomic E-state index is 0.000436. The second-order valence-corrected chi connectivity index (χ2v) is 7.64. The molecule has 0 aliphatic carbocycles. The number of rotatable bonds is 4. The predicted octanol–water partition coefficient (Wildman–Crippen LogP) is 4.10. The van der Waals surface area contributed by atoms with Crippen molar-refractivity contribution in [3.63, 3.8) is 0 Å². The molecule has 0 aromatic heterocycles. The molecule has 0 spiro atoms. The number of fused-ring (bicyclic) bond motifs is 1. The number of hydrogen-bond acceptors (Lipinski definition) is 4. The van der Waals surface area contributed by atoms with E-state index in [0.717, 1.165) is 20.8 Å². The lowest BCUT2D eigenvalue weighted by Crippen LogP contribution is -2.51. The molecule has 1 heterocycles. The molecule has 0 unspecified atom stereocenters. The molecule has 0 radical (unpaired) electrons. The first-order chi connectivity index (χ1) is 14.0. The van der Waals surface area contributed by atoms with Crippen LogP contribution in [0.1, 0.15) is 11.1 Å². The van der Waals surface area contributed by atoms with Crippen molar-refractivity contribution in [2.45, 2.75) is 6.61 Å². The van der Waals surface area contributed by atoms with E-state index in [1.54, 1.807) is 6.08 Å². The van der Waals surface area contributed by atoms with Crippen LogP contribution in [0.25, 0.3) is 16.8 Å². The summed E-state index contributed by atoms with van der Waals surface area (Å²) in [5.41, 5.74) is 1.61. The summed E-state index contributed by atoms with van der Waals surface area (Å²) < 4.78 is 7.03. The highest BCUT2D eigenvalue weighted by atomic mass is 79.9. The van der Waals surface area contributed by atoms with Crippen LogP contribution in [-0.2, 0) is 16.2 Å². The lowest BCUT2D eigenvalue weighted by molar-refractivity contribution is -0.123. The van der Waals surface area contributed by atoms with E-state index in [1.807, 2.05) is 60.7 Å². The number of carbonyl (C=O) groups excluding carboxylic acids is 2. The van der Waals surface area contributed by atoms with E-state index in [-0.39, 0.29) is 10.7 Å². The van der Waals surface area contributed by atoms with Crippen LogP contribution in [0, 0.1) is 0 Å². The maximum atomic E-state index is 12.3. The van der Waals surface area contributed by atoms with Gasteiger partial charge in [-0.3, -0.25) is 20.2 Å². The Labute approximate surface area is 180 Å². The monoisotopic (exact) mass is 466 g/mol. The molecule has 0 atom stereocenters. The fourth-order valence-corrected chi connectivity index (χ4v) is 3.66. The zero-order valence-electron chi connectivity index (χ0n) is 15.1. The van der Waals surface area contributed by atoms with Crippen molar-refractivity contribution in [1.82, 2.24) is 10.6 Å². The molecule has 2 amide bonds. The summed E-state index contributed by atoms with van der Waals surface area (Å²) in [7, 11) is 0. The number of halogens is 1. The molecule has 0 bridgehead atoms. The van der Waals surface area contributed by atoms with Crippen LogP contribution in [-0.4, -0.2) is 16.9 Å². The number of thiocarbonyl (C=S) groups is 1.